The number of methoxy groups -OCH3 is 1. The number of H-pyrrole nitrogens is 1. The summed E-state index contributed by atoms with van der Waals surface area (Å²) in [6.07, 6.45) is 6.89. The number of aromatic nitrogens is 6. The molecule has 0 aliphatic heterocycles. The van der Waals surface area contributed by atoms with Crippen LogP contribution in [0.25, 0.3) is 5.57 Å². The summed E-state index contributed by atoms with van der Waals surface area (Å²) in [5.41, 5.74) is 2.04. The average Bonchev–Trinajstić information content (AvgIpc) is 3.30. The molecule has 0 fully saturated rings. The Kier molecular flexibility index (Phi) is 4.48. The van der Waals surface area contributed by atoms with E-state index in [2.05, 4.69) is 30.9 Å². The minimum absolute atomic E-state index is 0.221. The second-order valence-corrected chi connectivity index (χ2v) is 4.82. The van der Waals surface area contributed by atoms with Crippen molar-refractivity contribution in [2.45, 2.75) is 6.54 Å². The summed E-state index contributed by atoms with van der Waals surface area (Å²) in [5.74, 6) is 0.879. The zero-order valence-corrected chi connectivity index (χ0v) is 12.8. The molecule has 0 amide bonds. The van der Waals surface area contributed by atoms with Crippen LogP contribution in [-0.2, 0) is 6.54 Å². The van der Waals surface area contributed by atoms with Gasteiger partial charge in [-0.2, -0.15) is 10.5 Å². The summed E-state index contributed by atoms with van der Waals surface area (Å²) in [5, 5.41) is 25.6. The molecule has 120 valence electrons. The van der Waals surface area contributed by atoms with Crippen molar-refractivity contribution in [3.8, 4) is 11.8 Å². The fourth-order valence-electron chi connectivity index (χ4n) is 2.13. The SMILES string of the molecule is COc1ccc(Cn2ccnc2)cc1NC=C(C#N)c1nn[nH]n1. The zero-order chi connectivity index (χ0) is 16.8. The maximum atomic E-state index is 9.21. The van der Waals surface area contributed by atoms with Crippen LogP contribution in [0.2, 0.25) is 0 Å². The summed E-state index contributed by atoms with van der Waals surface area (Å²) in [6, 6.07) is 7.80. The van der Waals surface area contributed by atoms with E-state index in [1.54, 1.807) is 19.6 Å². The van der Waals surface area contributed by atoms with Crippen LogP contribution in [0.5, 0.6) is 5.75 Å². The summed E-state index contributed by atoms with van der Waals surface area (Å²) in [7, 11) is 1.59. The molecule has 9 heteroatoms. The van der Waals surface area contributed by atoms with Gasteiger partial charge in [-0.05, 0) is 22.9 Å². The number of tetrazole rings is 1. The number of ether oxygens (including phenoxy) is 1. The van der Waals surface area contributed by atoms with Gasteiger partial charge in [-0.25, -0.2) is 4.98 Å². The van der Waals surface area contributed by atoms with E-state index in [1.165, 1.54) is 6.20 Å². The Balaban J connectivity index is 1.84. The van der Waals surface area contributed by atoms with E-state index in [1.807, 2.05) is 35.0 Å². The summed E-state index contributed by atoms with van der Waals surface area (Å²) >= 11 is 0. The van der Waals surface area contributed by atoms with E-state index in [0.29, 0.717) is 12.3 Å². The second kappa shape index (κ2) is 7.06. The van der Waals surface area contributed by atoms with Crippen molar-refractivity contribution in [2.24, 2.45) is 0 Å². The standard InChI is InChI=1S/C15H14N8O/c1-24-14-3-2-11(9-23-5-4-17-10-23)6-13(14)18-8-12(7-16)15-19-21-22-20-15/h2-6,8,10,18H,9H2,1H3,(H,19,20,21,22). The number of aromatic amines is 1. The van der Waals surface area contributed by atoms with E-state index >= 15 is 0 Å². The number of nitrogens with one attached hydrogen (secondary N) is 2. The number of imidazole rings is 1. The number of rotatable bonds is 6. The van der Waals surface area contributed by atoms with Gasteiger partial charge in [0.15, 0.2) is 0 Å². The normalized spacial score (nSPS) is 11.1. The molecule has 2 heterocycles. The lowest BCUT2D eigenvalue weighted by atomic mass is 10.1. The first-order chi connectivity index (χ1) is 11.8. The van der Waals surface area contributed by atoms with Gasteiger partial charge in [0, 0.05) is 25.1 Å². The van der Waals surface area contributed by atoms with Crippen LogP contribution < -0.4 is 10.1 Å². The van der Waals surface area contributed by atoms with Crippen LogP contribution in [0.1, 0.15) is 11.4 Å². The quantitative estimate of drug-likeness (QED) is 0.659. The molecule has 24 heavy (non-hydrogen) atoms. The number of anilines is 1. The van der Waals surface area contributed by atoms with E-state index < -0.39 is 0 Å². The van der Waals surface area contributed by atoms with Crippen molar-refractivity contribution in [1.82, 2.24) is 30.2 Å². The fourth-order valence-corrected chi connectivity index (χ4v) is 2.13. The molecule has 2 aromatic heterocycles. The van der Waals surface area contributed by atoms with Gasteiger partial charge in [-0.3, -0.25) is 0 Å². The number of hydrogen-bond acceptors (Lipinski definition) is 7. The van der Waals surface area contributed by atoms with E-state index in [4.69, 9.17) is 4.74 Å². The van der Waals surface area contributed by atoms with Crippen LogP contribution in [0.15, 0.2) is 43.1 Å². The molecule has 3 rings (SSSR count). The molecule has 0 spiro atoms. The predicted octanol–water partition coefficient (Wildman–Crippen LogP) is 1.43. The smallest absolute Gasteiger partial charge is 0.216 e. The Morgan fingerprint density at radius 1 is 1.50 bits per heavy atom. The van der Waals surface area contributed by atoms with Crippen LogP contribution in [-0.4, -0.2) is 37.3 Å². The lowest BCUT2D eigenvalue weighted by molar-refractivity contribution is 0.416. The van der Waals surface area contributed by atoms with Gasteiger partial charge in [0.25, 0.3) is 0 Å². The fraction of sp³-hybridized carbons (Fsp3) is 0.133. The zero-order valence-electron chi connectivity index (χ0n) is 12.8. The van der Waals surface area contributed by atoms with Crippen molar-refractivity contribution in [1.29, 1.82) is 5.26 Å². The van der Waals surface area contributed by atoms with E-state index in [0.717, 1.165) is 11.3 Å². The second-order valence-electron chi connectivity index (χ2n) is 4.82. The number of allylic oxidation sites excluding steroid dienone is 1. The molecule has 0 saturated carbocycles. The van der Waals surface area contributed by atoms with Crippen LogP contribution in [0.4, 0.5) is 5.69 Å². The summed E-state index contributed by atoms with van der Waals surface area (Å²) < 4.78 is 7.31. The van der Waals surface area contributed by atoms with Crippen molar-refractivity contribution in [3.05, 3.63) is 54.5 Å². The number of nitrogens with zero attached hydrogens (tertiary/aromatic N) is 6. The molecule has 0 bridgehead atoms. The highest BCUT2D eigenvalue weighted by Gasteiger charge is 2.08. The molecular formula is C15H14N8O. The summed E-state index contributed by atoms with van der Waals surface area (Å²) in [6.45, 7) is 0.679. The van der Waals surface area contributed by atoms with Gasteiger partial charge in [0.05, 0.1) is 19.1 Å². The van der Waals surface area contributed by atoms with E-state index in [-0.39, 0.29) is 11.4 Å². The van der Waals surface area contributed by atoms with Gasteiger partial charge in [-0.1, -0.05) is 6.07 Å². The molecule has 0 atom stereocenters. The summed E-state index contributed by atoms with van der Waals surface area (Å²) in [4.78, 5) is 4.03. The average molecular weight is 322 g/mol. The third kappa shape index (κ3) is 3.38. The lowest BCUT2D eigenvalue weighted by Gasteiger charge is -2.11. The Morgan fingerprint density at radius 2 is 2.42 bits per heavy atom. The monoisotopic (exact) mass is 322 g/mol. The van der Waals surface area contributed by atoms with Gasteiger partial charge in [-0.15, -0.1) is 10.2 Å². The molecule has 3 aromatic rings. The maximum Gasteiger partial charge on any atom is 0.216 e. The van der Waals surface area contributed by atoms with Gasteiger partial charge in [0.1, 0.15) is 17.4 Å². The van der Waals surface area contributed by atoms with E-state index in [9.17, 15) is 5.26 Å². The van der Waals surface area contributed by atoms with Crippen molar-refractivity contribution in [3.63, 3.8) is 0 Å². The van der Waals surface area contributed by atoms with Crippen molar-refractivity contribution in [2.75, 3.05) is 12.4 Å². The van der Waals surface area contributed by atoms with Crippen molar-refractivity contribution >= 4 is 11.3 Å². The third-order valence-electron chi connectivity index (χ3n) is 3.27. The molecule has 0 radical (unpaired) electrons. The Bertz CT molecular complexity index is 862. The lowest BCUT2D eigenvalue weighted by Crippen LogP contribution is -2.00. The molecule has 1 aromatic carbocycles. The van der Waals surface area contributed by atoms with Crippen LogP contribution in [0, 0.1) is 11.3 Å². The predicted molar refractivity (Wildman–Crippen MR) is 85.7 cm³/mol. The van der Waals surface area contributed by atoms with Crippen LogP contribution >= 0.6 is 0 Å². The van der Waals surface area contributed by atoms with Gasteiger partial charge >= 0.3 is 0 Å². The third-order valence-corrected chi connectivity index (χ3v) is 3.27. The molecule has 0 saturated heterocycles. The first kappa shape index (κ1) is 15.2. The number of nitriles is 1. The Morgan fingerprint density at radius 3 is 3.08 bits per heavy atom. The maximum absolute atomic E-state index is 9.21. The molecule has 0 aliphatic carbocycles. The Labute approximate surface area is 137 Å². The number of hydrogen-bond donors (Lipinski definition) is 2. The van der Waals surface area contributed by atoms with Gasteiger partial charge < -0.3 is 14.6 Å². The minimum Gasteiger partial charge on any atom is -0.495 e. The molecule has 0 unspecified atom stereocenters. The first-order valence-corrected chi connectivity index (χ1v) is 7.03. The number of benzene rings is 1. The Hall–Kier alpha value is -3.67. The molecule has 0 aliphatic rings. The largest absolute Gasteiger partial charge is 0.495 e. The highest BCUT2D eigenvalue weighted by Crippen LogP contribution is 2.26. The van der Waals surface area contributed by atoms with Gasteiger partial charge in [0.2, 0.25) is 5.82 Å². The molecule has 2 N–H and O–H groups in total. The van der Waals surface area contributed by atoms with Crippen LogP contribution in [0.3, 0.4) is 0 Å². The molecular weight excluding hydrogens is 308 g/mol. The highest BCUT2D eigenvalue weighted by atomic mass is 16.5. The highest BCUT2D eigenvalue weighted by molar-refractivity contribution is 5.75. The minimum atomic E-state index is 0.221. The topological polar surface area (TPSA) is 117 Å². The van der Waals surface area contributed by atoms with Crippen molar-refractivity contribution < 1.29 is 4.74 Å². The molecule has 9 nitrogen and oxygen atoms in total. The first-order valence-electron chi connectivity index (χ1n) is 7.03.